The average molecular weight is 374 g/mol. The Bertz CT molecular complexity index is 711. The number of carbonyl (C=O) groups is 2. The highest BCUT2D eigenvalue weighted by molar-refractivity contribution is 5.79. The van der Waals surface area contributed by atoms with Gasteiger partial charge < -0.3 is 10.2 Å². The fourth-order valence-electron chi connectivity index (χ4n) is 5.17. The van der Waals surface area contributed by atoms with Gasteiger partial charge in [-0.25, -0.2) is 0 Å². The molecule has 2 saturated heterocycles. The molecule has 3 aliphatic rings. The molecule has 2 aliphatic heterocycles. The molecule has 1 aromatic heterocycles. The van der Waals surface area contributed by atoms with Crippen molar-refractivity contribution in [2.24, 2.45) is 18.4 Å². The molecule has 7 nitrogen and oxygen atoms in total. The molecule has 1 aromatic rings. The van der Waals surface area contributed by atoms with E-state index in [4.69, 9.17) is 0 Å². The van der Waals surface area contributed by atoms with Crippen LogP contribution in [0.2, 0.25) is 0 Å². The zero-order chi connectivity index (χ0) is 19.0. The van der Waals surface area contributed by atoms with Gasteiger partial charge in [-0.2, -0.15) is 5.10 Å². The lowest BCUT2D eigenvalue weighted by Crippen LogP contribution is -2.42. The van der Waals surface area contributed by atoms with Crippen LogP contribution in [-0.4, -0.2) is 70.2 Å². The van der Waals surface area contributed by atoms with Crippen molar-refractivity contribution in [3.8, 4) is 0 Å². The summed E-state index contributed by atoms with van der Waals surface area (Å²) in [7, 11) is 1.87. The molecule has 7 heteroatoms. The maximum atomic E-state index is 12.7. The van der Waals surface area contributed by atoms with Crippen LogP contribution in [0, 0.1) is 11.3 Å². The number of fused-ring (bicyclic) bond motifs is 1. The normalized spacial score (nSPS) is 28.7. The average Bonchev–Trinajstić information content (AvgIpc) is 3.33. The van der Waals surface area contributed by atoms with Crippen molar-refractivity contribution >= 4 is 11.8 Å². The molecule has 0 unspecified atom stereocenters. The van der Waals surface area contributed by atoms with Gasteiger partial charge in [0.05, 0.1) is 19.2 Å². The van der Waals surface area contributed by atoms with Gasteiger partial charge >= 0.3 is 0 Å². The topological polar surface area (TPSA) is 70.5 Å². The van der Waals surface area contributed by atoms with Crippen LogP contribution in [0.4, 0.5) is 0 Å². The van der Waals surface area contributed by atoms with E-state index in [1.165, 1.54) is 12.8 Å². The molecule has 1 saturated carbocycles. The van der Waals surface area contributed by atoms with Gasteiger partial charge in [0.2, 0.25) is 11.8 Å². The summed E-state index contributed by atoms with van der Waals surface area (Å²) >= 11 is 0. The minimum absolute atomic E-state index is 0.0955. The van der Waals surface area contributed by atoms with E-state index in [9.17, 15) is 9.59 Å². The number of likely N-dealkylation sites (tertiary alicyclic amines) is 2. The Morgan fingerprint density at radius 2 is 2.04 bits per heavy atom. The summed E-state index contributed by atoms with van der Waals surface area (Å²) in [6.07, 6.45) is 8.81. The van der Waals surface area contributed by atoms with Crippen LogP contribution in [0.15, 0.2) is 12.4 Å². The fourth-order valence-corrected chi connectivity index (χ4v) is 5.17. The second-order valence-corrected chi connectivity index (χ2v) is 9.04. The lowest BCUT2D eigenvalue weighted by Gasteiger charge is -2.25. The number of aryl methyl sites for hydroxylation is 1. The Morgan fingerprint density at radius 1 is 1.26 bits per heavy atom. The van der Waals surface area contributed by atoms with Gasteiger partial charge in [-0.05, 0) is 24.3 Å². The first kappa shape index (κ1) is 18.5. The summed E-state index contributed by atoms with van der Waals surface area (Å²) in [5, 5.41) is 7.33. The smallest absolute Gasteiger partial charge is 0.234 e. The number of nitrogens with one attached hydrogen (secondary N) is 1. The van der Waals surface area contributed by atoms with Crippen molar-refractivity contribution in [2.45, 2.75) is 45.1 Å². The summed E-state index contributed by atoms with van der Waals surface area (Å²) in [5.74, 6) is 0.800. The highest BCUT2D eigenvalue weighted by Crippen LogP contribution is 2.42. The highest BCUT2D eigenvalue weighted by Gasteiger charge is 2.50. The minimum Gasteiger partial charge on any atom is -0.352 e. The van der Waals surface area contributed by atoms with E-state index in [1.54, 1.807) is 10.9 Å². The summed E-state index contributed by atoms with van der Waals surface area (Å²) in [5.41, 5.74) is 1.06. The number of carbonyl (C=O) groups excluding carboxylic acids is 2. The first-order chi connectivity index (χ1) is 12.9. The van der Waals surface area contributed by atoms with Gasteiger partial charge in [0.25, 0.3) is 0 Å². The van der Waals surface area contributed by atoms with Crippen molar-refractivity contribution < 1.29 is 9.59 Å². The first-order valence-electron chi connectivity index (χ1n) is 10.2. The predicted octanol–water partition coefficient (Wildman–Crippen LogP) is 0.802. The van der Waals surface area contributed by atoms with E-state index >= 15 is 0 Å². The van der Waals surface area contributed by atoms with Gasteiger partial charge in [0.1, 0.15) is 0 Å². The fraction of sp³-hybridized carbons (Fsp3) is 0.750. The maximum absolute atomic E-state index is 12.7. The second-order valence-electron chi connectivity index (χ2n) is 9.04. The first-order valence-corrected chi connectivity index (χ1v) is 10.2. The number of aromatic nitrogens is 2. The molecule has 1 aliphatic carbocycles. The van der Waals surface area contributed by atoms with E-state index in [0.29, 0.717) is 24.9 Å². The lowest BCUT2D eigenvalue weighted by molar-refractivity contribution is -0.130. The van der Waals surface area contributed by atoms with E-state index in [1.807, 2.05) is 18.1 Å². The van der Waals surface area contributed by atoms with Gasteiger partial charge in [-0.1, -0.05) is 19.8 Å². The maximum Gasteiger partial charge on any atom is 0.234 e. The Kier molecular flexibility index (Phi) is 4.97. The molecule has 27 heavy (non-hydrogen) atoms. The molecule has 3 fully saturated rings. The monoisotopic (exact) mass is 373 g/mol. The Labute approximate surface area is 161 Å². The Hall–Kier alpha value is -1.89. The van der Waals surface area contributed by atoms with E-state index in [0.717, 1.165) is 44.6 Å². The third kappa shape index (κ3) is 4.03. The molecule has 4 rings (SSSR count). The number of amides is 2. The number of nitrogens with zero attached hydrogens (tertiary/aromatic N) is 4. The Balaban J connectivity index is 1.27. The molecule has 0 aromatic carbocycles. The summed E-state index contributed by atoms with van der Waals surface area (Å²) < 4.78 is 1.73. The standard InChI is InChI=1S/C20H31N5O2/c1-20-13-24(12-18(26)22-17-5-3-4-6-17)10-16(20)11-25(14-20)19(27)7-15-8-21-23(2)9-15/h8-9,16-17H,3-7,10-14H2,1-2H3,(H,22,26)/t16-,20+/m0/s1. The van der Waals surface area contributed by atoms with Crippen molar-refractivity contribution in [1.29, 1.82) is 0 Å². The zero-order valence-corrected chi connectivity index (χ0v) is 16.5. The molecule has 3 heterocycles. The lowest BCUT2D eigenvalue weighted by atomic mass is 9.83. The number of hydrogen-bond donors (Lipinski definition) is 1. The molecule has 0 spiro atoms. The van der Waals surface area contributed by atoms with Gasteiger partial charge in [-0.15, -0.1) is 0 Å². The largest absolute Gasteiger partial charge is 0.352 e. The van der Waals surface area contributed by atoms with Crippen molar-refractivity contribution in [3.63, 3.8) is 0 Å². The van der Waals surface area contributed by atoms with Crippen LogP contribution in [-0.2, 0) is 23.1 Å². The van der Waals surface area contributed by atoms with Crippen LogP contribution in [0.5, 0.6) is 0 Å². The summed E-state index contributed by atoms with van der Waals surface area (Å²) in [6, 6.07) is 0.385. The third-order valence-corrected chi connectivity index (χ3v) is 6.60. The SMILES string of the molecule is Cn1cc(CC(=O)N2C[C@@H]3CN(CC(=O)NC4CCCC4)C[C@]3(C)C2)cn1. The molecule has 1 N–H and O–H groups in total. The van der Waals surface area contributed by atoms with E-state index < -0.39 is 0 Å². The van der Waals surface area contributed by atoms with Crippen LogP contribution >= 0.6 is 0 Å². The molecule has 2 atom stereocenters. The zero-order valence-electron chi connectivity index (χ0n) is 16.5. The van der Waals surface area contributed by atoms with E-state index in [2.05, 4.69) is 22.2 Å². The molecule has 0 bridgehead atoms. The highest BCUT2D eigenvalue weighted by atomic mass is 16.2. The molecule has 148 valence electrons. The van der Waals surface area contributed by atoms with Crippen molar-refractivity contribution in [1.82, 2.24) is 24.9 Å². The third-order valence-electron chi connectivity index (χ3n) is 6.60. The Morgan fingerprint density at radius 3 is 2.70 bits per heavy atom. The van der Waals surface area contributed by atoms with Crippen LogP contribution in [0.1, 0.15) is 38.2 Å². The molecule has 0 radical (unpaired) electrons. The van der Waals surface area contributed by atoms with Crippen LogP contribution < -0.4 is 5.32 Å². The van der Waals surface area contributed by atoms with Crippen LogP contribution in [0.25, 0.3) is 0 Å². The van der Waals surface area contributed by atoms with Crippen LogP contribution in [0.3, 0.4) is 0 Å². The van der Waals surface area contributed by atoms with E-state index in [-0.39, 0.29) is 17.2 Å². The number of hydrogen-bond acceptors (Lipinski definition) is 4. The summed E-state index contributed by atoms with van der Waals surface area (Å²) in [6.45, 7) is 6.15. The minimum atomic E-state index is 0.0955. The molecule has 2 amide bonds. The summed E-state index contributed by atoms with van der Waals surface area (Å²) in [4.78, 5) is 29.3. The molecular formula is C20H31N5O2. The number of rotatable bonds is 5. The van der Waals surface area contributed by atoms with Gasteiger partial charge in [-0.3, -0.25) is 19.2 Å². The van der Waals surface area contributed by atoms with Gasteiger partial charge in [0, 0.05) is 50.9 Å². The van der Waals surface area contributed by atoms with Crippen molar-refractivity contribution in [2.75, 3.05) is 32.7 Å². The second kappa shape index (κ2) is 7.26. The quantitative estimate of drug-likeness (QED) is 0.829. The van der Waals surface area contributed by atoms with Crippen molar-refractivity contribution in [3.05, 3.63) is 18.0 Å². The molecular weight excluding hydrogens is 342 g/mol. The van der Waals surface area contributed by atoms with Gasteiger partial charge in [0.15, 0.2) is 0 Å². The predicted molar refractivity (Wildman–Crippen MR) is 102 cm³/mol.